The van der Waals surface area contributed by atoms with Gasteiger partial charge in [-0.1, -0.05) is 109 Å². The molecule has 0 saturated carbocycles. The molecule has 0 atom stereocenters. The number of benzene rings is 7. The molecule has 2 aromatic heterocycles. The number of fused-ring (bicyclic) bond motifs is 2. The predicted octanol–water partition coefficient (Wildman–Crippen LogP) is 11.4. The van der Waals surface area contributed by atoms with Gasteiger partial charge < -0.3 is 0 Å². The Hall–Kier alpha value is -6.85. The van der Waals surface area contributed by atoms with Crippen molar-refractivity contribution in [2.45, 2.75) is 13.3 Å². The van der Waals surface area contributed by atoms with Crippen LogP contribution < -0.4 is 0 Å². The molecule has 0 saturated heterocycles. The molecule has 2 heterocycles. The lowest BCUT2D eigenvalue weighted by Crippen LogP contribution is -2.08. The first-order chi connectivity index (χ1) is 25.7. The van der Waals surface area contributed by atoms with Gasteiger partial charge in [-0.3, -0.25) is 14.1 Å². The second-order valence-electron chi connectivity index (χ2n) is 13.0. The fraction of sp³-hybridized carbons (Fsp3) is 0.0426. The number of nitrogens with zero attached hydrogens (tertiary/aromatic N) is 5. The first-order valence-electron chi connectivity index (χ1n) is 17.6. The lowest BCUT2D eigenvalue weighted by atomic mass is 9.96. The van der Waals surface area contributed by atoms with Crippen LogP contribution in [0.15, 0.2) is 187 Å². The third-order valence-electron chi connectivity index (χ3n) is 9.52. The van der Waals surface area contributed by atoms with E-state index in [4.69, 9.17) is 15.0 Å². The molecule has 0 aliphatic rings. The van der Waals surface area contributed by atoms with E-state index in [0.29, 0.717) is 6.42 Å². The molecule has 0 fully saturated rings. The van der Waals surface area contributed by atoms with E-state index in [1.807, 2.05) is 24.3 Å². The minimum absolute atomic E-state index is 0.655. The number of aryl methyl sites for hydroxylation is 1. The first kappa shape index (κ1) is 31.2. The van der Waals surface area contributed by atoms with Crippen molar-refractivity contribution in [2.75, 3.05) is 0 Å². The molecule has 0 unspecified atom stereocenters. The van der Waals surface area contributed by atoms with Gasteiger partial charge in [0.15, 0.2) is 0 Å². The van der Waals surface area contributed by atoms with Crippen LogP contribution >= 0.6 is 0 Å². The minimum atomic E-state index is 0.655. The van der Waals surface area contributed by atoms with E-state index < -0.39 is 0 Å². The maximum absolute atomic E-state index is 5.40. The van der Waals surface area contributed by atoms with E-state index >= 15 is 0 Å². The van der Waals surface area contributed by atoms with Gasteiger partial charge in [0.1, 0.15) is 11.6 Å². The van der Waals surface area contributed by atoms with Gasteiger partial charge in [0, 0.05) is 28.9 Å². The van der Waals surface area contributed by atoms with Crippen LogP contribution in [0.2, 0.25) is 0 Å². The Balaban J connectivity index is 1.35. The van der Waals surface area contributed by atoms with Gasteiger partial charge in [-0.25, -0.2) is 9.97 Å². The Bertz CT molecular complexity index is 2570. The van der Waals surface area contributed by atoms with Gasteiger partial charge in [-0.2, -0.15) is 0 Å². The van der Waals surface area contributed by atoms with Crippen molar-refractivity contribution in [3.8, 4) is 34.2 Å². The van der Waals surface area contributed by atoms with Crippen LogP contribution in [0.4, 0.5) is 5.69 Å². The van der Waals surface area contributed by atoms with Gasteiger partial charge in [0.25, 0.3) is 0 Å². The first-order valence-corrected chi connectivity index (χ1v) is 17.6. The maximum atomic E-state index is 5.40. The van der Waals surface area contributed by atoms with Crippen molar-refractivity contribution in [1.82, 2.24) is 19.1 Å². The topological polar surface area (TPSA) is 48.0 Å². The van der Waals surface area contributed by atoms with Crippen molar-refractivity contribution in [3.63, 3.8) is 0 Å². The molecule has 5 nitrogen and oxygen atoms in total. The zero-order valence-electron chi connectivity index (χ0n) is 28.8. The van der Waals surface area contributed by atoms with E-state index in [1.54, 1.807) is 0 Å². The van der Waals surface area contributed by atoms with Gasteiger partial charge >= 0.3 is 0 Å². The number of aromatic nitrogens is 4. The molecule has 52 heavy (non-hydrogen) atoms. The van der Waals surface area contributed by atoms with Crippen molar-refractivity contribution in [3.05, 3.63) is 199 Å². The summed E-state index contributed by atoms with van der Waals surface area (Å²) in [5.41, 5.74) is 13.3. The highest BCUT2D eigenvalue weighted by Gasteiger charge is 2.21. The molecule has 0 aliphatic carbocycles. The summed E-state index contributed by atoms with van der Waals surface area (Å²) in [6.45, 7) is 2.12. The van der Waals surface area contributed by atoms with Gasteiger partial charge in [-0.05, 0) is 96.4 Å². The average molecular weight is 670 g/mol. The SMILES string of the molecule is Cc1ccccc1N=C(Cc1ccccc1)c1cc(-c2nc3ccccc3n2-c2ccccc2)cc(-c2nc3ccccc3n2-c2ccccc2)c1. The number of imidazole rings is 2. The highest BCUT2D eigenvalue weighted by Crippen LogP contribution is 2.36. The molecule has 0 N–H and O–H groups in total. The summed E-state index contributed by atoms with van der Waals surface area (Å²) in [6.07, 6.45) is 0.655. The van der Waals surface area contributed by atoms with Gasteiger partial charge in [0.05, 0.1) is 33.5 Å². The van der Waals surface area contributed by atoms with Crippen LogP contribution in [0, 0.1) is 6.92 Å². The van der Waals surface area contributed by atoms with Crippen LogP contribution in [0.1, 0.15) is 16.7 Å². The minimum Gasteiger partial charge on any atom is -0.292 e. The van der Waals surface area contributed by atoms with Crippen molar-refractivity contribution < 1.29 is 0 Å². The number of hydrogen-bond donors (Lipinski definition) is 0. The van der Waals surface area contributed by atoms with Crippen LogP contribution in [0.5, 0.6) is 0 Å². The Morgan fingerprint density at radius 1 is 0.500 bits per heavy atom. The molecule has 0 spiro atoms. The van der Waals surface area contributed by atoms with E-state index in [-0.39, 0.29) is 0 Å². The Morgan fingerprint density at radius 2 is 0.962 bits per heavy atom. The van der Waals surface area contributed by atoms with Crippen LogP contribution in [0.3, 0.4) is 0 Å². The number of rotatable bonds is 8. The second-order valence-corrected chi connectivity index (χ2v) is 13.0. The molecule has 9 rings (SSSR count). The van der Waals surface area contributed by atoms with Crippen molar-refractivity contribution in [1.29, 1.82) is 0 Å². The van der Waals surface area contributed by atoms with E-state index in [0.717, 1.165) is 78.7 Å². The molecular formula is C47H35N5. The summed E-state index contributed by atoms with van der Waals surface area (Å²) in [7, 11) is 0. The lowest BCUT2D eigenvalue weighted by molar-refractivity contribution is 1.09. The summed E-state index contributed by atoms with van der Waals surface area (Å²) in [6, 6.07) is 63.3. The molecule has 248 valence electrons. The summed E-state index contributed by atoms with van der Waals surface area (Å²) < 4.78 is 4.52. The summed E-state index contributed by atoms with van der Waals surface area (Å²) in [5, 5.41) is 0. The highest BCUT2D eigenvalue weighted by atomic mass is 15.1. The third-order valence-corrected chi connectivity index (χ3v) is 9.52. The Labute approximate surface area is 302 Å². The number of hydrogen-bond acceptors (Lipinski definition) is 3. The van der Waals surface area contributed by atoms with Crippen molar-refractivity contribution in [2.24, 2.45) is 4.99 Å². The summed E-state index contributed by atoms with van der Waals surface area (Å²) >= 11 is 0. The smallest absolute Gasteiger partial charge is 0.145 e. The van der Waals surface area contributed by atoms with Crippen LogP contribution in [-0.2, 0) is 6.42 Å². The maximum Gasteiger partial charge on any atom is 0.145 e. The van der Waals surface area contributed by atoms with E-state index in [2.05, 4.69) is 174 Å². The highest BCUT2D eigenvalue weighted by molar-refractivity contribution is 6.05. The number of para-hydroxylation sites is 7. The average Bonchev–Trinajstić information content (AvgIpc) is 3.79. The monoisotopic (exact) mass is 669 g/mol. The lowest BCUT2D eigenvalue weighted by Gasteiger charge is -2.16. The fourth-order valence-electron chi connectivity index (χ4n) is 7.00. The Morgan fingerprint density at radius 3 is 1.50 bits per heavy atom. The normalized spacial score (nSPS) is 11.8. The quantitative estimate of drug-likeness (QED) is 0.151. The molecule has 0 bridgehead atoms. The summed E-state index contributed by atoms with van der Waals surface area (Å²) in [4.78, 5) is 16.0. The van der Waals surface area contributed by atoms with E-state index in [1.165, 1.54) is 5.56 Å². The molecule has 5 heteroatoms. The fourth-order valence-corrected chi connectivity index (χ4v) is 7.00. The predicted molar refractivity (Wildman–Crippen MR) is 214 cm³/mol. The second kappa shape index (κ2) is 13.5. The zero-order valence-corrected chi connectivity index (χ0v) is 28.8. The molecule has 7 aromatic carbocycles. The standard InChI is InChI=1S/C47H35N5/c1-33-17-11-12-24-40(33)48-43(29-34-18-5-2-6-19-34)35-30-36(46-49-41-25-13-15-27-44(41)51(46)38-20-7-3-8-21-38)32-37(31-35)47-50-42-26-14-16-28-45(42)52(47)39-22-9-4-10-23-39/h2-28,30-32H,29H2,1H3. The molecular weight excluding hydrogens is 635 g/mol. The summed E-state index contributed by atoms with van der Waals surface area (Å²) in [5.74, 6) is 1.71. The number of aliphatic imine (C=N–C) groups is 1. The molecule has 0 aliphatic heterocycles. The molecule has 0 radical (unpaired) electrons. The third kappa shape index (κ3) is 5.88. The van der Waals surface area contributed by atoms with E-state index in [9.17, 15) is 0 Å². The van der Waals surface area contributed by atoms with Crippen LogP contribution in [0.25, 0.3) is 56.2 Å². The van der Waals surface area contributed by atoms with Gasteiger partial charge in [0.2, 0.25) is 0 Å². The molecule has 9 aromatic rings. The Kier molecular flexibility index (Phi) is 8.06. The van der Waals surface area contributed by atoms with Crippen LogP contribution in [-0.4, -0.2) is 24.8 Å². The largest absolute Gasteiger partial charge is 0.292 e. The van der Waals surface area contributed by atoms with Crippen molar-refractivity contribution >= 4 is 33.5 Å². The van der Waals surface area contributed by atoms with Gasteiger partial charge in [-0.15, -0.1) is 0 Å². The zero-order chi connectivity index (χ0) is 34.9. The molecule has 0 amide bonds.